The highest BCUT2D eigenvalue weighted by Crippen LogP contribution is 2.30. The summed E-state index contributed by atoms with van der Waals surface area (Å²) < 4.78 is 1.00. The number of carbonyl (C=O) groups is 1. The second-order valence-corrected chi connectivity index (χ2v) is 6.59. The molecule has 1 aromatic heterocycles. The molecule has 0 bridgehead atoms. The summed E-state index contributed by atoms with van der Waals surface area (Å²) in [5.74, 6) is 0.0313. The molecule has 0 N–H and O–H groups in total. The lowest BCUT2D eigenvalue weighted by Gasteiger charge is -2.04. The number of aryl methyl sites for hydroxylation is 1. The fourth-order valence-corrected chi connectivity index (χ4v) is 3.22. The van der Waals surface area contributed by atoms with Crippen molar-refractivity contribution < 1.29 is 4.79 Å². The Bertz CT molecular complexity index is 570. The van der Waals surface area contributed by atoms with Crippen molar-refractivity contribution in [3.05, 3.63) is 54.6 Å². The highest BCUT2D eigenvalue weighted by atomic mass is 79.9. The van der Waals surface area contributed by atoms with Crippen LogP contribution in [0.3, 0.4) is 0 Å². The maximum atomic E-state index is 12.3. The highest BCUT2D eigenvalue weighted by molar-refractivity contribution is 9.11. The molecule has 17 heavy (non-hydrogen) atoms. The predicted octanol–water partition coefficient (Wildman–Crippen LogP) is 5.01. The first kappa shape index (κ1) is 12.8. The van der Waals surface area contributed by atoms with E-state index in [-0.39, 0.29) is 5.78 Å². The highest BCUT2D eigenvalue weighted by Gasteiger charge is 2.16. The van der Waals surface area contributed by atoms with Gasteiger partial charge in [0.2, 0.25) is 5.78 Å². The summed E-state index contributed by atoms with van der Waals surface area (Å²) >= 11 is 10.9. The van der Waals surface area contributed by atoms with Gasteiger partial charge in [0.25, 0.3) is 0 Å². The monoisotopic (exact) mass is 328 g/mol. The van der Waals surface area contributed by atoms with Crippen molar-refractivity contribution in [3.63, 3.8) is 0 Å². The Kier molecular flexibility index (Phi) is 3.71. The van der Waals surface area contributed by atoms with Crippen LogP contribution in [-0.2, 0) is 0 Å². The summed E-state index contributed by atoms with van der Waals surface area (Å²) in [4.78, 5) is 13.1. The summed E-state index contributed by atoms with van der Waals surface area (Å²) in [6.07, 6.45) is 0. The molecule has 88 valence electrons. The van der Waals surface area contributed by atoms with Gasteiger partial charge in [0.1, 0.15) is 0 Å². The van der Waals surface area contributed by atoms with Crippen molar-refractivity contribution in [1.29, 1.82) is 0 Å². The first-order valence-electron chi connectivity index (χ1n) is 5.06. The lowest BCUT2D eigenvalue weighted by atomic mass is 10.0. The van der Waals surface area contributed by atoms with Crippen LogP contribution in [0, 0.1) is 13.8 Å². The van der Waals surface area contributed by atoms with E-state index in [9.17, 15) is 4.79 Å². The molecule has 0 saturated heterocycles. The summed E-state index contributed by atoms with van der Waals surface area (Å²) in [7, 11) is 0. The van der Waals surface area contributed by atoms with Crippen LogP contribution >= 0.6 is 38.9 Å². The quantitative estimate of drug-likeness (QED) is 0.708. The van der Waals surface area contributed by atoms with Crippen LogP contribution in [-0.4, -0.2) is 5.78 Å². The molecule has 4 heteroatoms. The molecule has 2 aromatic rings. The van der Waals surface area contributed by atoms with Crippen molar-refractivity contribution in [1.82, 2.24) is 0 Å². The Morgan fingerprint density at radius 1 is 1.35 bits per heavy atom. The van der Waals surface area contributed by atoms with Gasteiger partial charge in [-0.3, -0.25) is 4.79 Å². The molecule has 1 nitrogen and oxygen atoms in total. The zero-order valence-corrected chi connectivity index (χ0v) is 12.5. The van der Waals surface area contributed by atoms with Crippen LogP contribution in [0.2, 0.25) is 5.02 Å². The van der Waals surface area contributed by atoms with E-state index in [2.05, 4.69) is 15.9 Å². The van der Waals surface area contributed by atoms with Crippen LogP contribution in [0.5, 0.6) is 0 Å². The van der Waals surface area contributed by atoms with Gasteiger partial charge in [0.05, 0.1) is 8.66 Å². The number of hydrogen-bond donors (Lipinski definition) is 0. The molecule has 1 aromatic carbocycles. The molecule has 0 aliphatic carbocycles. The van der Waals surface area contributed by atoms with Gasteiger partial charge in [-0.2, -0.15) is 0 Å². The van der Waals surface area contributed by atoms with Crippen LogP contribution in [0.1, 0.15) is 26.4 Å². The summed E-state index contributed by atoms with van der Waals surface area (Å²) in [6, 6.07) is 7.31. The minimum absolute atomic E-state index is 0.0313. The average Bonchev–Trinajstić information content (AvgIpc) is 2.62. The number of thiophene rings is 1. The topological polar surface area (TPSA) is 17.1 Å². The van der Waals surface area contributed by atoms with E-state index < -0.39 is 0 Å². The van der Waals surface area contributed by atoms with Crippen LogP contribution in [0.25, 0.3) is 0 Å². The second-order valence-electron chi connectivity index (χ2n) is 3.81. The minimum atomic E-state index is 0.0313. The molecule has 0 atom stereocenters. The van der Waals surface area contributed by atoms with Gasteiger partial charge in [-0.05, 0) is 53.0 Å². The lowest BCUT2D eigenvalue weighted by molar-refractivity contribution is 0.104. The third kappa shape index (κ3) is 2.46. The maximum Gasteiger partial charge on any atom is 0.203 e. The summed E-state index contributed by atoms with van der Waals surface area (Å²) in [6.45, 7) is 3.84. The predicted molar refractivity (Wildman–Crippen MR) is 76.4 cm³/mol. The summed E-state index contributed by atoms with van der Waals surface area (Å²) in [5.41, 5.74) is 2.59. The molecule has 0 fully saturated rings. The van der Waals surface area contributed by atoms with Crippen LogP contribution in [0.4, 0.5) is 0 Å². The second kappa shape index (κ2) is 4.92. The molecule has 0 amide bonds. The molecule has 0 aliphatic heterocycles. The zero-order chi connectivity index (χ0) is 12.6. The van der Waals surface area contributed by atoms with Gasteiger partial charge < -0.3 is 0 Å². The van der Waals surface area contributed by atoms with Crippen molar-refractivity contribution in [2.45, 2.75) is 13.8 Å². The van der Waals surface area contributed by atoms with E-state index in [0.717, 1.165) is 19.8 Å². The fraction of sp³-hybridized carbons (Fsp3) is 0.154. The van der Waals surface area contributed by atoms with Gasteiger partial charge in [0, 0.05) is 10.6 Å². The van der Waals surface area contributed by atoms with Gasteiger partial charge >= 0.3 is 0 Å². The Hall–Kier alpha value is -0.640. The third-order valence-corrected chi connectivity index (χ3v) is 5.14. The number of rotatable bonds is 2. The Morgan fingerprint density at radius 3 is 2.65 bits per heavy atom. The molecule has 0 unspecified atom stereocenters. The Morgan fingerprint density at radius 2 is 2.06 bits per heavy atom. The van der Waals surface area contributed by atoms with Crippen molar-refractivity contribution >= 4 is 44.7 Å². The zero-order valence-electron chi connectivity index (χ0n) is 9.38. The first-order valence-corrected chi connectivity index (χ1v) is 7.05. The van der Waals surface area contributed by atoms with Crippen LogP contribution < -0.4 is 0 Å². The average molecular weight is 330 g/mol. The first-order chi connectivity index (χ1) is 8.00. The SMILES string of the molecule is Cc1cc(C(=O)c2cccc(Cl)c2C)sc1Br. The molecule has 1 heterocycles. The number of hydrogen-bond acceptors (Lipinski definition) is 2. The van der Waals surface area contributed by atoms with E-state index in [1.54, 1.807) is 12.1 Å². The number of carbonyl (C=O) groups excluding carboxylic acids is 1. The van der Waals surface area contributed by atoms with Gasteiger partial charge in [0.15, 0.2) is 0 Å². The molecule has 0 aliphatic rings. The number of ketones is 1. The van der Waals surface area contributed by atoms with E-state index >= 15 is 0 Å². The van der Waals surface area contributed by atoms with E-state index in [4.69, 9.17) is 11.6 Å². The summed E-state index contributed by atoms with van der Waals surface area (Å²) in [5, 5.41) is 0.628. The van der Waals surface area contributed by atoms with Crippen molar-refractivity contribution in [2.24, 2.45) is 0 Å². The molecular weight excluding hydrogens is 320 g/mol. The minimum Gasteiger partial charge on any atom is -0.288 e. The van der Waals surface area contributed by atoms with Gasteiger partial charge in [-0.15, -0.1) is 11.3 Å². The van der Waals surface area contributed by atoms with E-state index in [0.29, 0.717) is 10.6 Å². The van der Waals surface area contributed by atoms with Crippen LogP contribution in [0.15, 0.2) is 28.1 Å². The van der Waals surface area contributed by atoms with Gasteiger partial charge in [-0.25, -0.2) is 0 Å². The fourth-order valence-electron chi connectivity index (χ4n) is 1.56. The lowest BCUT2D eigenvalue weighted by Crippen LogP contribution is -2.01. The Labute approximate surface area is 118 Å². The molecule has 2 rings (SSSR count). The normalized spacial score (nSPS) is 10.6. The molecule has 0 radical (unpaired) electrons. The molecule has 0 spiro atoms. The third-order valence-electron chi connectivity index (χ3n) is 2.59. The largest absolute Gasteiger partial charge is 0.288 e. The number of benzene rings is 1. The van der Waals surface area contributed by atoms with Crippen molar-refractivity contribution in [2.75, 3.05) is 0 Å². The Balaban J connectivity index is 2.47. The molecular formula is C13H10BrClOS. The number of halogens is 2. The van der Waals surface area contributed by atoms with E-state index in [1.165, 1.54) is 11.3 Å². The van der Waals surface area contributed by atoms with Gasteiger partial charge in [-0.1, -0.05) is 23.7 Å². The smallest absolute Gasteiger partial charge is 0.203 e. The van der Waals surface area contributed by atoms with Crippen molar-refractivity contribution in [3.8, 4) is 0 Å². The molecule has 0 saturated carbocycles. The maximum absolute atomic E-state index is 12.3. The standard InChI is InChI=1S/C13H10BrClOS/c1-7-6-11(17-13(7)14)12(16)9-4-3-5-10(15)8(9)2/h3-6H,1-2H3. The van der Waals surface area contributed by atoms with E-state index in [1.807, 2.05) is 26.0 Å².